The largest absolute Gasteiger partial charge is 0.490 e. The van der Waals surface area contributed by atoms with Crippen molar-refractivity contribution in [3.05, 3.63) is 46.2 Å². The molecular formula is C20H31Cl2N3OS. The Morgan fingerprint density at radius 3 is 2.41 bits per heavy atom. The van der Waals surface area contributed by atoms with Gasteiger partial charge in [-0.1, -0.05) is 33.8 Å². The highest BCUT2D eigenvalue weighted by atomic mass is 35.5. The molecule has 27 heavy (non-hydrogen) atoms. The van der Waals surface area contributed by atoms with Crippen LogP contribution in [0.3, 0.4) is 0 Å². The van der Waals surface area contributed by atoms with Crippen LogP contribution in [-0.2, 0) is 6.54 Å². The topological polar surface area (TPSA) is 57.1 Å². The van der Waals surface area contributed by atoms with Crippen molar-refractivity contribution in [2.45, 2.75) is 59.2 Å². The Bertz CT molecular complexity index is 674. The molecule has 4 nitrogen and oxygen atoms in total. The molecule has 0 amide bonds. The molecule has 0 saturated heterocycles. The zero-order chi connectivity index (χ0) is 18.2. The molecule has 0 fully saturated rings. The molecule has 0 atom stereocenters. The number of rotatable bonds is 9. The molecule has 0 saturated carbocycles. The predicted octanol–water partition coefficient (Wildman–Crippen LogP) is 6.09. The number of ether oxygens (including phenoxy) is 1. The molecule has 0 bridgehead atoms. The number of nitrogens with one attached hydrogen (secondary N) is 3. The lowest BCUT2D eigenvalue weighted by Crippen LogP contribution is -2.23. The van der Waals surface area contributed by atoms with E-state index in [0.29, 0.717) is 11.9 Å². The molecule has 152 valence electrons. The van der Waals surface area contributed by atoms with Gasteiger partial charge in [-0.3, -0.25) is 5.41 Å². The van der Waals surface area contributed by atoms with Gasteiger partial charge in [0.1, 0.15) is 11.6 Å². The van der Waals surface area contributed by atoms with Crippen LogP contribution in [0.15, 0.2) is 35.7 Å². The highest BCUT2D eigenvalue weighted by molar-refractivity contribution is 7.12. The average Bonchev–Trinajstić information content (AvgIpc) is 3.13. The van der Waals surface area contributed by atoms with E-state index in [-0.39, 0.29) is 30.9 Å². The summed E-state index contributed by atoms with van der Waals surface area (Å²) in [6.07, 6.45) is 2.23. The standard InChI is InChI=1S/C20H29N3OS.2ClH/c1-5-17(6-2)24-18-10-9-16(12-15(18)13-22-14(3)4)23-20(21)19-8-7-11-25-19;;/h7-12,14,17,22H,5-6,13H2,1-4H3,(H2,21,23);2*1H. The monoisotopic (exact) mass is 431 g/mol. The fourth-order valence-electron chi connectivity index (χ4n) is 2.49. The first-order valence-corrected chi connectivity index (χ1v) is 9.83. The Balaban J connectivity index is 0.00000338. The van der Waals surface area contributed by atoms with E-state index in [1.165, 1.54) is 0 Å². The first kappa shape index (κ1) is 25.7. The summed E-state index contributed by atoms with van der Waals surface area (Å²) >= 11 is 1.56. The lowest BCUT2D eigenvalue weighted by molar-refractivity contribution is 0.190. The van der Waals surface area contributed by atoms with Gasteiger partial charge in [0.25, 0.3) is 0 Å². The number of hydrogen-bond donors (Lipinski definition) is 3. The van der Waals surface area contributed by atoms with Crippen molar-refractivity contribution in [3.8, 4) is 5.75 Å². The van der Waals surface area contributed by atoms with Crippen molar-refractivity contribution < 1.29 is 4.74 Å². The van der Waals surface area contributed by atoms with Crippen LogP contribution < -0.4 is 15.4 Å². The summed E-state index contributed by atoms with van der Waals surface area (Å²) in [6.45, 7) is 9.32. The minimum atomic E-state index is 0. The Kier molecular flexibility index (Phi) is 12.4. The van der Waals surface area contributed by atoms with Gasteiger partial charge >= 0.3 is 0 Å². The zero-order valence-electron chi connectivity index (χ0n) is 16.4. The summed E-state index contributed by atoms with van der Waals surface area (Å²) in [4.78, 5) is 0.930. The maximum absolute atomic E-state index is 8.20. The van der Waals surface area contributed by atoms with Crippen LogP contribution in [0.25, 0.3) is 0 Å². The lowest BCUT2D eigenvalue weighted by Gasteiger charge is -2.20. The van der Waals surface area contributed by atoms with Gasteiger partial charge < -0.3 is 15.4 Å². The van der Waals surface area contributed by atoms with Crippen molar-refractivity contribution in [2.75, 3.05) is 5.32 Å². The van der Waals surface area contributed by atoms with Crippen molar-refractivity contribution in [1.29, 1.82) is 5.41 Å². The zero-order valence-corrected chi connectivity index (χ0v) is 18.8. The Labute approximate surface area is 179 Å². The van der Waals surface area contributed by atoms with E-state index in [9.17, 15) is 0 Å². The van der Waals surface area contributed by atoms with Crippen molar-refractivity contribution in [3.63, 3.8) is 0 Å². The summed E-state index contributed by atoms with van der Waals surface area (Å²) in [7, 11) is 0. The van der Waals surface area contributed by atoms with E-state index >= 15 is 0 Å². The molecule has 1 aromatic heterocycles. The smallest absolute Gasteiger partial charge is 0.140 e. The van der Waals surface area contributed by atoms with Gasteiger partial charge in [-0.15, -0.1) is 36.2 Å². The van der Waals surface area contributed by atoms with Crippen LogP contribution in [0.5, 0.6) is 5.75 Å². The normalized spacial score (nSPS) is 10.3. The molecule has 0 aliphatic rings. The van der Waals surface area contributed by atoms with Gasteiger partial charge in [0.05, 0.1) is 11.0 Å². The number of halogens is 2. The molecule has 0 aliphatic carbocycles. The van der Waals surface area contributed by atoms with E-state index in [4.69, 9.17) is 10.1 Å². The van der Waals surface area contributed by atoms with Crippen LogP contribution in [0.1, 0.15) is 51.0 Å². The number of amidine groups is 1. The fourth-order valence-corrected chi connectivity index (χ4v) is 3.12. The minimum absolute atomic E-state index is 0. The second kappa shape index (κ2) is 13.0. The van der Waals surface area contributed by atoms with Gasteiger partial charge in [-0.05, 0) is 42.5 Å². The summed E-state index contributed by atoms with van der Waals surface area (Å²) < 4.78 is 6.19. The molecule has 1 aromatic carbocycles. The van der Waals surface area contributed by atoms with Gasteiger partial charge in [-0.2, -0.15) is 0 Å². The second-order valence-corrected chi connectivity index (χ2v) is 7.34. The van der Waals surface area contributed by atoms with Crippen molar-refractivity contribution in [1.82, 2.24) is 5.32 Å². The van der Waals surface area contributed by atoms with Crippen LogP contribution in [0, 0.1) is 5.41 Å². The molecule has 1 heterocycles. The summed E-state index contributed by atoms with van der Waals surface area (Å²) in [5, 5.41) is 16.8. The van der Waals surface area contributed by atoms with Crippen molar-refractivity contribution >= 4 is 47.7 Å². The van der Waals surface area contributed by atoms with Crippen molar-refractivity contribution in [2.24, 2.45) is 0 Å². The third kappa shape index (κ3) is 8.09. The molecule has 7 heteroatoms. The molecule has 0 aliphatic heterocycles. The number of anilines is 1. The number of thiophene rings is 1. The molecule has 2 aromatic rings. The Morgan fingerprint density at radius 2 is 1.85 bits per heavy atom. The van der Waals surface area contributed by atoms with Crippen LogP contribution in [0.2, 0.25) is 0 Å². The average molecular weight is 432 g/mol. The molecular weight excluding hydrogens is 401 g/mol. The Morgan fingerprint density at radius 1 is 1.15 bits per heavy atom. The number of hydrogen-bond acceptors (Lipinski definition) is 4. The SMILES string of the molecule is CCC(CC)Oc1ccc(NC(=N)c2cccs2)cc1CNC(C)C.Cl.Cl. The highest BCUT2D eigenvalue weighted by Gasteiger charge is 2.12. The third-order valence-corrected chi connectivity index (χ3v) is 4.89. The van der Waals surface area contributed by atoms with E-state index < -0.39 is 0 Å². The summed E-state index contributed by atoms with van der Waals surface area (Å²) in [6, 6.07) is 10.4. The van der Waals surface area contributed by atoms with Gasteiger partial charge in [-0.25, -0.2) is 0 Å². The van der Waals surface area contributed by atoms with Crippen LogP contribution in [0.4, 0.5) is 5.69 Å². The first-order chi connectivity index (χ1) is 12.0. The quantitative estimate of drug-likeness (QED) is 0.332. The molecule has 3 N–H and O–H groups in total. The van der Waals surface area contributed by atoms with E-state index in [2.05, 4.69) is 44.4 Å². The fraction of sp³-hybridized carbons (Fsp3) is 0.450. The van der Waals surface area contributed by atoms with Crippen LogP contribution in [-0.4, -0.2) is 18.0 Å². The Hall–Kier alpha value is -1.27. The van der Waals surface area contributed by atoms with E-state index in [1.807, 2.05) is 29.6 Å². The lowest BCUT2D eigenvalue weighted by atomic mass is 10.1. The second-order valence-electron chi connectivity index (χ2n) is 6.39. The van der Waals surface area contributed by atoms with Gasteiger partial charge in [0.15, 0.2) is 0 Å². The van der Waals surface area contributed by atoms with Gasteiger partial charge in [0.2, 0.25) is 0 Å². The predicted molar refractivity (Wildman–Crippen MR) is 123 cm³/mol. The highest BCUT2D eigenvalue weighted by Crippen LogP contribution is 2.26. The minimum Gasteiger partial charge on any atom is -0.490 e. The maximum atomic E-state index is 8.20. The first-order valence-electron chi connectivity index (χ1n) is 8.95. The van der Waals surface area contributed by atoms with E-state index in [0.717, 1.165) is 41.3 Å². The summed E-state index contributed by atoms with van der Waals surface area (Å²) in [5.41, 5.74) is 2.03. The molecule has 0 unspecified atom stereocenters. The molecule has 2 rings (SSSR count). The number of benzene rings is 1. The molecule has 0 radical (unpaired) electrons. The maximum Gasteiger partial charge on any atom is 0.140 e. The summed E-state index contributed by atoms with van der Waals surface area (Å²) in [5.74, 6) is 1.35. The molecule has 0 spiro atoms. The van der Waals surface area contributed by atoms with Crippen LogP contribution >= 0.6 is 36.2 Å². The third-order valence-electron chi connectivity index (χ3n) is 4.00. The van der Waals surface area contributed by atoms with Gasteiger partial charge in [0, 0.05) is 23.8 Å². The van der Waals surface area contributed by atoms with E-state index in [1.54, 1.807) is 11.3 Å².